The van der Waals surface area contributed by atoms with Crippen LogP contribution in [0.1, 0.15) is 5.56 Å². The van der Waals surface area contributed by atoms with Crippen LogP contribution in [0.5, 0.6) is 0 Å². The summed E-state index contributed by atoms with van der Waals surface area (Å²) < 4.78 is 1.68. The third-order valence-electron chi connectivity index (χ3n) is 2.12. The maximum atomic E-state index is 5.69. The molecule has 0 bridgehead atoms. The number of benzene rings is 1. The van der Waals surface area contributed by atoms with E-state index in [1.54, 1.807) is 0 Å². The van der Waals surface area contributed by atoms with Gasteiger partial charge < -0.3 is 11.1 Å². The Morgan fingerprint density at radius 2 is 1.94 bits per heavy atom. The highest BCUT2D eigenvalue weighted by Gasteiger charge is 2.06. The number of aromatic nitrogens is 2. The molecule has 0 aliphatic heterocycles. The predicted molar refractivity (Wildman–Crippen MR) is 76.3 cm³/mol. The first kappa shape index (κ1) is 12.3. The molecule has 0 saturated heterocycles. The Balaban J connectivity index is 2.34. The highest BCUT2D eigenvalue weighted by molar-refractivity contribution is 9.11. The molecule has 0 radical (unpaired) electrons. The minimum Gasteiger partial charge on any atom is -0.383 e. The number of nitrogens with two attached hydrogens (primary N) is 1. The molecular formula is C11H10Br2N4. The molecule has 6 heteroatoms. The number of nitrogen functional groups attached to an aromatic ring is 1. The van der Waals surface area contributed by atoms with Crippen LogP contribution in [0, 0.1) is 6.92 Å². The van der Waals surface area contributed by atoms with Crippen molar-refractivity contribution in [2.75, 3.05) is 11.1 Å². The van der Waals surface area contributed by atoms with Crippen molar-refractivity contribution in [2.24, 2.45) is 0 Å². The average molecular weight is 358 g/mol. The maximum Gasteiger partial charge on any atom is 0.150 e. The van der Waals surface area contributed by atoms with E-state index in [4.69, 9.17) is 5.73 Å². The van der Waals surface area contributed by atoms with E-state index in [-0.39, 0.29) is 0 Å². The lowest BCUT2D eigenvalue weighted by Crippen LogP contribution is -2.00. The quantitative estimate of drug-likeness (QED) is 0.861. The molecule has 0 aliphatic rings. The number of anilines is 3. The molecular weight excluding hydrogens is 348 g/mol. The average Bonchev–Trinajstić information content (AvgIpc) is 2.23. The van der Waals surface area contributed by atoms with Gasteiger partial charge in [-0.05, 0) is 46.6 Å². The largest absolute Gasteiger partial charge is 0.383 e. The van der Waals surface area contributed by atoms with Gasteiger partial charge in [0, 0.05) is 10.2 Å². The summed E-state index contributed by atoms with van der Waals surface area (Å²) in [7, 11) is 0. The third kappa shape index (κ3) is 2.95. The van der Waals surface area contributed by atoms with Crippen molar-refractivity contribution < 1.29 is 0 Å². The normalized spacial score (nSPS) is 10.3. The fourth-order valence-electron chi connectivity index (χ4n) is 1.42. The zero-order valence-electron chi connectivity index (χ0n) is 9.04. The first-order valence-corrected chi connectivity index (χ1v) is 6.45. The van der Waals surface area contributed by atoms with E-state index in [0.29, 0.717) is 16.1 Å². The Bertz CT molecular complexity index is 537. The van der Waals surface area contributed by atoms with E-state index < -0.39 is 0 Å². The topological polar surface area (TPSA) is 63.8 Å². The zero-order valence-corrected chi connectivity index (χ0v) is 12.2. The number of hydrogen-bond donors (Lipinski definition) is 2. The van der Waals surface area contributed by atoms with E-state index >= 15 is 0 Å². The molecule has 3 N–H and O–H groups in total. The van der Waals surface area contributed by atoms with Crippen molar-refractivity contribution in [1.82, 2.24) is 9.97 Å². The predicted octanol–water partition coefficient (Wildman–Crippen LogP) is 3.64. The molecule has 1 heterocycles. The highest BCUT2D eigenvalue weighted by atomic mass is 79.9. The summed E-state index contributed by atoms with van der Waals surface area (Å²) in [6.45, 7) is 2.03. The Hall–Kier alpha value is -1.14. The molecule has 0 atom stereocenters. The van der Waals surface area contributed by atoms with E-state index in [1.807, 2.05) is 25.1 Å². The van der Waals surface area contributed by atoms with Crippen molar-refractivity contribution in [2.45, 2.75) is 6.92 Å². The van der Waals surface area contributed by atoms with Gasteiger partial charge in [0.1, 0.15) is 22.4 Å². The molecule has 0 fully saturated rings. The number of nitrogens with zero attached hydrogens (tertiary/aromatic N) is 2. The van der Waals surface area contributed by atoms with Crippen LogP contribution in [0.4, 0.5) is 17.3 Å². The van der Waals surface area contributed by atoms with Crippen LogP contribution in [0.25, 0.3) is 0 Å². The molecule has 88 valence electrons. The second-order valence-corrected chi connectivity index (χ2v) is 5.27. The summed E-state index contributed by atoms with van der Waals surface area (Å²) in [6, 6.07) is 6.03. The summed E-state index contributed by atoms with van der Waals surface area (Å²) in [5, 5.41) is 3.19. The minimum atomic E-state index is 0.411. The molecule has 4 nitrogen and oxygen atoms in total. The lowest BCUT2D eigenvalue weighted by molar-refractivity contribution is 1.16. The summed E-state index contributed by atoms with van der Waals surface area (Å²) in [5.74, 6) is 1.06. The van der Waals surface area contributed by atoms with Crippen LogP contribution in [-0.2, 0) is 0 Å². The second kappa shape index (κ2) is 5.01. The number of nitrogens with one attached hydrogen (secondary N) is 1. The SMILES string of the molecule is Cc1cc(Br)cc(Nc2ncnc(N)c2Br)c1. The highest BCUT2D eigenvalue weighted by Crippen LogP contribution is 2.28. The van der Waals surface area contributed by atoms with Gasteiger partial charge in [0.2, 0.25) is 0 Å². The van der Waals surface area contributed by atoms with Gasteiger partial charge in [0.25, 0.3) is 0 Å². The van der Waals surface area contributed by atoms with Gasteiger partial charge in [-0.2, -0.15) is 0 Å². The van der Waals surface area contributed by atoms with Crippen LogP contribution in [0.3, 0.4) is 0 Å². The van der Waals surface area contributed by atoms with E-state index in [2.05, 4.69) is 47.1 Å². The maximum absolute atomic E-state index is 5.69. The molecule has 1 aromatic heterocycles. The van der Waals surface area contributed by atoms with Crippen LogP contribution >= 0.6 is 31.9 Å². The van der Waals surface area contributed by atoms with Crippen molar-refractivity contribution in [3.63, 3.8) is 0 Å². The van der Waals surface area contributed by atoms with Gasteiger partial charge in [-0.15, -0.1) is 0 Å². The monoisotopic (exact) mass is 356 g/mol. The lowest BCUT2D eigenvalue weighted by atomic mass is 10.2. The standard InChI is InChI=1S/C11H10Br2N4/c1-6-2-7(12)4-8(3-6)17-11-9(13)10(14)15-5-16-11/h2-5H,1H3,(H3,14,15,16,17). The van der Waals surface area contributed by atoms with Crippen molar-refractivity contribution >= 4 is 49.2 Å². The summed E-state index contributed by atoms with van der Waals surface area (Å²) in [5.41, 5.74) is 7.78. The van der Waals surface area contributed by atoms with Gasteiger partial charge in [-0.3, -0.25) is 0 Å². The Morgan fingerprint density at radius 3 is 2.65 bits per heavy atom. The van der Waals surface area contributed by atoms with Crippen LogP contribution in [0.15, 0.2) is 33.5 Å². The van der Waals surface area contributed by atoms with Gasteiger partial charge >= 0.3 is 0 Å². The van der Waals surface area contributed by atoms with Crippen molar-refractivity contribution in [3.8, 4) is 0 Å². The molecule has 1 aromatic carbocycles. The molecule has 0 aliphatic carbocycles. The molecule has 0 unspecified atom stereocenters. The summed E-state index contributed by atoms with van der Waals surface area (Å²) in [6.07, 6.45) is 1.42. The van der Waals surface area contributed by atoms with Crippen molar-refractivity contribution in [3.05, 3.63) is 39.0 Å². The zero-order chi connectivity index (χ0) is 12.4. The lowest BCUT2D eigenvalue weighted by Gasteiger charge is -2.09. The van der Waals surface area contributed by atoms with Crippen molar-refractivity contribution in [1.29, 1.82) is 0 Å². The Kier molecular flexibility index (Phi) is 3.63. The van der Waals surface area contributed by atoms with Gasteiger partial charge in [0.05, 0.1) is 0 Å². The van der Waals surface area contributed by atoms with E-state index in [9.17, 15) is 0 Å². The van der Waals surface area contributed by atoms with Gasteiger partial charge in [-0.1, -0.05) is 15.9 Å². The fourth-order valence-corrected chi connectivity index (χ4v) is 2.33. The van der Waals surface area contributed by atoms with Gasteiger partial charge in [0.15, 0.2) is 0 Å². The Morgan fingerprint density at radius 1 is 1.18 bits per heavy atom. The first-order chi connectivity index (χ1) is 8.06. The van der Waals surface area contributed by atoms with Crippen LogP contribution < -0.4 is 11.1 Å². The third-order valence-corrected chi connectivity index (χ3v) is 3.36. The number of hydrogen-bond acceptors (Lipinski definition) is 4. The number of aryl methyl sites for hydroxylation is 1. The van der Waals surface area contributed by atoms with E-state index in [0.717, 1.165) is 15.7 Å². The second-order valence-electron chi connectivity index (χ2n) is 3.56. The first-order valence-electron chi connectivity index (χ1n) is 4.86. The fraction of sp³-hybridized carbons (Fsp3) is 0.0909. The molecule has 17 heavy (non-hydrogen) atoms. The molecule has 0 amide bonds. The van der Waals surface area contributed by atoms with Crippen LogP contribution in [-0.4, -0.2) is 9.97 Å². The number of halogens is 2. The molecule has 0 spiro atoms. The van der Waals surface area contributed by atoms with Crippen LogP contribution in [0.2, 0.25) is 0 Å². The summed E-state index contributed by atoms with van der Waals surface area (Å²) in [4.78, 5) is 8.02. The van der Waals surface area contributed by atoms with E-state index in [1.165, 1.54) is 6.33 Å². The Labute approximate surface area is 116 Å². The smallest absolute Gasteiger partial charge is 0.150 e. The molecule has 0 saturated carbocycles. The minimum absolute atomic E-state index is 0.411. The molecule has 2 rings (SSSR count). The van der Waals surface area contributed by atoms with Gasteiger partial charge in [-0.25, -0.2) is 9.97 Å². The summed E-state index contributed by atoms with van der Waals surface area (Å²) >= 11 is 6.80. The molecule has 2 aromatic rings. The number of rotatable bonds is 2.